The number of piperidine rings is 1. The maximum absolute atomic E-state index is 12.8. The van der Waals surface area contributed by atoms with E-state index in [1.807, 2.05) is 28.5 Å². The Balaban J connectivity index is 1.90. The Morgan fingerprint density at radius 3 is 2.90 bits per heavy atom. The average molecular weight is 288 g/mol. The van der Waals surface area contributed by atoms with Gasteiger partial charge in [0.15, 0.2) is 0 Å². The van der Waals surface area contributed by atoms with Crippen molar-refractivity contribution in [3.63, 3.8) is 0 Å². The first-order valence-electron chi connectivity index (χ1n) is 7.00. The van der Waals surface area contributed by atoms with E-state index in [0.717, 1.165) is 30.5 Å². The quantitative estimate of drug-likeness (QED) is 0.876. The molecule has 1 unspecified atom stereocenters. The molecular weight excluding hydrogens is 268 g/mol. The van der Waals surface area contributed by atoms with Crippen LogP contribution in [0.2, 0.25) is 0 Å². The van der Waals surface area contributed by atoms with Gasteiger partial charge in [0, 0.05) is 34.6 Å². The van der Waals surface area contributed by atoms with Crippen molar-refractivity contribution in [3.05, 3.63) is 35.2 Å². The molecule has 106 valence electrons. The number of likely N-dealkylation sites (tertiary alicyclic amines) is 1. The Bertz CT molecular complexity index is 647. The van der Waals surface area contributed by atoms with Gasteiger partial charge in [-0.2, -0.15) is 0 Å². The van der Waals surface area contributed by atoms with Crippen molar-refractivity contribution >= 4 is 27.3 Å². The highest BCUT2D eigenvalue weighted by atomic mass is 32.1. The molecule has 2 heterocycles. The van der Waals surface area contributed by atoms with Crippen LogP contribution in [0.5, 0.6) is 0 Å². The van der Waals surface area contributed by atoms with E-state index in [1.54, 1.807) is 11.3 Å². The number of nitrogens with two attached hydrogens (primary N) is 1. The van der Waals surface area contributed by atoms with Gasteiger partial charge in [0.25, 0.3) is 5.91 Å². The van der Waals surface area contributed by atoms with E-state index < -0.39 is 0 Å². The molecule has 1 fully saturated rings. The second-order valence-electron chi connectivity index (χ2n) is 6.26. The van der Waals surface area contributed by atoms with E-state index >= 15 is 0 Å². The Labute approximate surface area is 123 Å². The van der Waals surface area contributed by atoms with Crippen LogP contribution in [0, 0.1) is 5.41 Å². The normalized spacial score (nSPS) is 22.1. The van der Waals surface area contributed by atoms with Crippen LogP contribution in [0.4, 0.5) is 0 Å². The first kappa shape index (κ1) is 13.6. The SMILES string of the molecule is CC1(C)CN(C(=O)c2csc3ccccc23)CCC1N. The van der Waals surface area contributed by atoms with Gasteiger partial charge in [-0.1, -0.05) is 32.0 Å². The number of nitrogens with zero attached hydrogens (tertiary/aromatic N) is 1. The lowest BCUT2D eigenvalue weighted by Crippen LogP contribution is -2.53. The van der Waals surface area contributed by atoms with Gasteiger partial charge < -0.3 is 10.6 Å². The highest BCUT2D eigenvalue weighted by molar-refractivity contribution is 7.17. The summed E-state index contributed by atoms with van der Waals surface area (Å²) in [5.41, 5.74) is 6.96. The number of benzene rings is 1. The Morgan fingerprint density at radius 2 is 2.15 bits per heavy atom. The maximum Gasteiger partial charge on any atom is 0.255 e. The minimum atomic E-state index is -0.0142. The van der Waals surface area contributed by atoms with Crippen molar-refractivity contribution in [2.75, 3.05) is 13.1 Å². The van der Waals surface area contributed by atoms with Gasteiger partial charge in [0.2, 0.25) is 0 Å². The van der Waals surface area contributed by atoms with Gasteiger partial charge in [-0.25, -0.2) is 0 Å². The topological polar surface area (TPSA) is 46.3 Å². The fourth-order valence-corrected chi connectivity index (χ4v) is 3.80. The first-order chi connectivity index (χ1) is 9.49. The zero-order valence-corrected chi connectivity index (χ0v) is 12.7. The molecule has 1 amide bonds. The van der Waals surface area contributed by atoms with E-state index in [2.05, 4.69) is 19.9 Å². The van der Waals surface area contributed by atoms with E-state index in [-0.39, 0.29) is 17.4 Å². The number of rotatable bonds is 1. The number of hydrogen-bond donors (Lipinski definition) is 1. The standard InChI is InChI=1S/C16H20N2OS/c1-16(2)10-18(8-7-14(16)17)15(19)12-9-20-13-6-4-3-5-11(12)13/h3-6,9,14H,7-8,10,17H2,1-2H3. The second-order valence-corrected chi connectivity index (χ2v) is 7.17. The molecule has 4 heteroatoms. The molecule has 3 rings (SSSR count). The van der Waals surface area contributed by atoms with Crippen molar-refractivity contribution in [2.24, 2.45) is 11.1 Å². The van der Waals surface area contributed by atoms with E-state index in [9.17, 15) is 4.79 Å². The molecule has 0 bridgehead atoms. The van der Waals surface area contributed by atoms with E-state index in [4.69, 9.17) is 5.73 Å². The third kappa shape index (κ3) is 2.23. The smallest absolute Gasteiger partial charge is 0.255 e. The fraction of sp³-hybridized carbons (Fsp3) is 0.438. The predicted octanol–water partition coefficient (Wildman–Crippen LogP) is 3.10. The molecule has 1 aliphatic rings. The molecule has 1 aliphatic heterocycles. The number of hydrogen-bond acceptors (Lipinski definition) is 3. The number of amides is 1. The summed E-state index contributed by atoms with van der Waals surface area (Å²) in [5.74, 6) is 0.141. The molecule has 0 aliphatic carbocycles. The first-order valence-corrected chi connectivity index (χ1v) is 7.88. The zero-order valence-electron chi connectivity index (χ0n) is 11.9. The molecule has 0 saturated carbocycles. The summed E-state index contributed by atoms with van der Waals surface area (Å²) in [5, 5.41) is 3.05. The van der Waals surface area contributed by atoms with Crippen LogP contribution in [0.15, 0.2) is 29.6 Å². The van der Waals surface area contributed by atoms with Crippen molar-refractivity contribution in [1.82, 2.24) is 4.90 Å². The molecule has 0 radical (unpaired) electrons. The molecule has 2 N–H and O–H groups in total. The minimum Gasteiger partial charge on any atom is -0.338 e. The molecule has 1 aromatic carbocycles. The molecule has 1 saturated heterocycles. The van der Waals surface area contributed by atoms with Crippen molar-refractivity contribution in [1.29, 1.82) is 0 Å². The zero-order chi connectivity index (χ0) is 14.3. The number of carbonyl (C=O) groups excluding carboxylic acids is 1. The summed E-state index contributed by atoms with van der Waals surface area (Å²) in [6.45, 7) is 5.77. The van der Waals surface area contributed by atoms with Gasteiger partial charge in [-0.05, 0) is 17.9 Å². The summed E-state index contributed by atoms with van der Waals surface area (Å²) >= 11 is 1.63. The third-order valence-corrected chi connectivity index (χ3v) is 5.27. The molecule has 1 atom stereocenters. The summed E-state index contributed by atoms with van der Waals surface area (Å²) < 4.78 is 1.17. The summed E-state index contributed by atoms with van der Waals surface area (Å²) in [7, 11) is 0. The molecule has 1 aromatic heterocycles. The molecule has 20 heavy (non-hydrogen) atoms. The van der Waals surface area contributed by atoms with Gasteiger partial charge in [0.1, 0.15) is 0 Å². The predicted molar refractivity (Wildman–Crippen MR) is 84.1 cm³/mol. The Kier molecular flexibility index (Phi) is 3.30. The molecule has 0 spiro atoms. The highest BCUT2D eigenvalue weighted by Gasteiger charge is 2.35. The van der Waals surface area contributed by atoms with Gasteiger partial charge in [-0.15, -0.1) is 11.3 Å². The van der Waals surface area contributed by atoms with Crippen LogP contribution >= 0.6 is 11.3 Å². The van der Waals surface area contributed by atoms with Crippen LogP contribution in [0.25, 0.3) is 10.1 Å². The van der Waals surface area contributed by atoms with Crippen LogP contribution in [0.3, 0.4) is 0 Å². The number of carbonyl (C=O) groups is 1. The van der Waals surface area contributed by atoms with Gasteiger partial charge in [0.05, 0.1) is 5.56 Å². The van der Waals surface area contributed by atoms with E-state index in [0.29, 0.717) is 0 Å². The van der Waals surface area contributed by atoms with Gasteiger partial charge in [-0.3, -0.25) is 4.79 Å². The third-order valence-electron chi connectivity index (χ3n) is 4.31. The van der Waals surface area contributed by atoms with Crippen LogP contribution in [-0.4, -0.2) is 29.9 Å². The fourth-order valence-electron chi connectivity index (χ4n) is 2.86. The largest absolute Gasteiger partial charge is 0.338 e. The van der Waals surface area contributed by atoms with Crippen molar-refractivity contribution in [2.45, 2.75) is 26.3 Å². The molecule has 3 nitrogen and oxygen atoms in total. The molecule has 2 aromatic rings. The van der Waals surface area contributed by atoms with Crippen molar-refractivity contribution < 1.29 is 4.79 Å². The van der Waals surface area contributed by atoms with Crippen LogP contribution in [-0.2, 0) is 0 Å². The Hall–Kier alpha value is -1.39. The van der Waals surface area contributed by atoms with Gasteiger partial charge >= 0.3 is 0 Å². The Morgan fingerprint density at radius 1 is 1.40 bits per heavy atom. The van der Waals surface area contributed by atoms with Crippen LogP contribution in [0.1, 0.15) is 30.6 Å². The molecular formula is C16H20N2OS. The summed E-state index contributed by atoms with van der Waals surface area (Å²) in [4.78, 5) is 14.7. The average Bonchev–Trinajstić information content (AvgIpc) is 2.85. The number of fused-ring (bicyclic) bond motifs is 1. The van der Waals surface area contributed by atoms with Crippen molar-refractivity contribution in [3.8, 4) is 0 Å². The lowest BCUT2D eigenvalue weighted by Gasteiger charge is -2.42. The van der Waals surface area contributed by atoms with E-state index in [1.165, 1.54) is 4.70 Å². The number of thiophene rings is 1. The highest BCUT2D eigenvalue weighted by Crippen LogP contribution is 2.31. The maximum atomic E-state index is 12.8. The lowest BCUT2D eigenvalue weighted by molar-refractivity contribution is 0.0535. The lowest BCUT2D eigenvalue weighted by atomic mass is 9.79. The van der Waals surface area contributed by atoms with Crippen LogP contribution < -0.4 is 5.73 Å². The summed E-state index contributed by atoms with van der Waals surface area (Å²) in [6.07, 6.45) is 0.876. The summed E-state index contributed by atoms with van der Waals surface area (Å²) in [6, 6.07) is 8.26. The minimum absolute atomic E-state index is 0.0142. The second kappa shape index (κ2) is 4.86. The monoisotopic (exact) mass is 288 g/mol.